The van der Waals surface area contributed by atoms with Gasteiger partial charge in [0.05, 0.1) is 30.2 Å². The molecule has 0 aromatic heterocycles. The van der Waals surface area contributed by atoms with Crippen molar-refractivity contribution in [2.24, 2.45) is 10.2 Å². The summed E-state index contributed by atoms with van der Waals surface area (Å²) < 4.78 is 17.1. The highest BCUT2D eigenvalue weighted by Crippen LogP contribution is 2.24. The Kier molecular flexibility index (Phi) is 15.1. The summed E-state index contributed by atoms with van der Waals surface area (Å²) in [6.07, 6.45) is 14.9. The first-order valence-electron chi connectivity index (χ1n) is 15.4. The first-order chi connectivity index (χ1) is 20.2. The van der Waals surface area contributed by atoms with Crippen LogP contribution in [0.5, 0.6) is 17.2 Å². The molecular weight excluding hydrogens is 512 g/mol. The molecule has 0 saturated carbocycles. The average molecular weight is 559 g/mol. The van der Waals surface area contributed by atoms with E-state index in [1.165, 1.54) is 64.2 Å². The molecule has 0 radical (unpaired) electrons. The van der Waals surface area contributed by atoms with Gasteiger partial charge in [0.15, 0.2) is 0 Å². The highest BCUT2D eigenvalue weighted by atomic mass is 16.5. The topological polar surface area (TPSA) is 69.5 Å². The lowest BCUT2D eigenvalue weighted by Crippen LogP contribution is -2.08. The van der Waals surface area contributed by atoms with Crippen LogP contribution in [0.1, 0.15) is 101 Å². The van der Waals surface area contributed by atoms with Gasteiger partial charge in [0, 0.05) is 0 Å². The van der Waals surface area contributed by atoms with Gasteiger partial charge in [0.2, 0.25) is 0 Å². The minimum atomic E-state index is -0.415. The summed E-state index contributed by atoms with van der Waals surface area (Å²) in [6.45, 7) is 5.87. The van der Waals surface area contributed by atoms with Crippen molar-refractivity contribution in [3.8, 4) is 17.2 Å². The fourth-order valence-electron chi connectivity index (χ4n) is 4.30. The molecule has 0 aliphatic heterocycles. The summed E-state index contributed by atoms with van der Waals surface area (Å²) >= 11 is 0. The van der Waals surface area contributed by atoms with Crippen molar-refractivity contribution in [3.63, 3.8) is 0 Å². The zero-order valence-corrected chi connectivity index (χ0v) is 24.9. The zero-order valence-electron chi connectivity index (χ0n) is 24.9. The molecule has 0 fully saturated rings. The lowest BCUT2D eigenvalue weighted by molar-refractivity contribution is 0.0734. The molecule has 0 aliphatic rings. The first kappa shape index (κ1) is 31.9. The third-order valence-electron chi connectivity index (χ3n) is 6.79. The molecule has 0 bridgehead atoms. The number of nitrogens with zero attached hydrogens (tertiary/aromatic N) is 2. The number of carbonyl (C=O) groups excluding carboxylic acids is 1. The number of hydrogen-bond acceptors (Lipinski definition) is 6. The second-order valence-corrected chi connectivity index (χ2v) is 10.3. The first-order valence-corrected chi connectivity index (χ1v) is 15.4. The van der Waals surface area contributed by atoms with Crippen molar-refractivity contribution in [3.05, 3.63) is 78.4 Å². The fourth-order valence-corrected chi connectivity index (χ4v) is 4.30. The van der Waals surface area contributed by atoms with Crippen LogP contribution < -0.4 is 14.2 Å². The Balaban J connectivity index is 1.36. The minimum Gasteiger partial charge on any atom is -0.494 e. The number of esters is 1. The van der Waals surface area contributed by atoms with E-state index in [0.29, 0.717) is 23.6 Å². The van der Waals surface area contributed by atoms with Gasteiger partial charge >= 0.3 is 5.97 Å². The predicted molar refractivity (Wildman–Crippen MR) is 166 cm³/mol. The molecular formula is C35H46N2O4. The third kappa shape index (κ3) is 13.0. The van der Waals surface area contributed by atoms with Crippen molar-refractivity contribution in [1.29, 1.82) is 0 Å². The molecule has 0 unspecified atom stereocenters. The molecule has 0 amide bonds. The summed E-state index contributed by atoms with van der Waals surface area (Å²) in [5.74, 6) is 1.64. The largest absolute Gasteiger partial charge is 0.494 e. The Morgan fingerprint density at radius 1 is 0.512 bits per heavy atom. The molecule has 6 nitrogen and oxygen atoms in total. The molecule has 0 atom stereocenters. The van der Waals surface area contributed by atoms with E-state index in [4.69, 9.17) is 14.2 Å². The number of unbranched alkanes of at least 4 members (excludes halogenated alkanes) is 10. The van der Waals surface area contributed by atoms with E-state index in [9.17, 15) is 4.79 Å². The van der Waals surface area contributed by atoms with Crippen molar-refractivity contribution in [1.82, 2.24) is 0 Å². The Bertz CT molecular complexity index is 1140. The molecule has 0 aliphatic carbocycles. The SMILES string of the molecule is CCCCCCCCCCOc1ccc(C(=O)Oc2ccc(N=Nc3ccc(OCCCCCC)cc3)cc2)cc1. The smallest absolute Gasteiger partial charge is 0.343 e. The summed E-state index contributed by atoms with van der Waals surface area (Å²) in [5.41, 5.74) is 1.88. The number of azo groups is 1. The van der Waals surface area contributed by atoms with Crippen molar-refractivity contribution in [2.75, 3.05) is 13.2 Å². The van der Waals surface area contributed by atoms with E-state index in [0.717, 1.165) is 36.6 Å². The van der Waals surface area contributed by atoms with E-state index < -0.39 is 5.97 Å². The average Bonchev–Trinajstić information content (AvgIpc) is 3.00. The second-order valence-electron chi connectivity index (χ2n) is 10.3. The van der Waals surface area contributed by atoms with Crippen LogP contribution in [-0.4, -0.2) is 19.2 Å². The van der Waals surface area contributed by atoms with Crippen LogP contribution in [0.3, 0.4) is 0 Å². The van der Waals surface area contributed by atoms with Gasteiger partial charge in [0.1, 0.15) is 17.2 Å². The molecule has 0 saturated heterocycles. The summed E-state index contributed by atoms with van der Waals surface area (Å²) in [4.78, 5) is 12.6. The third-order valence-corrected chi connectivity index (χ3v) is 6.79. The van der Waals surface area contributed by atoms with Gasteiger partial charge in [0.25, 0.3) is 0 Å². The fraction of sp³-hybridized carbons (Fsp3) is 0.457. The maximum absolute atomic E-state index is 12.6. The van der Waals surface area contributed by atoms with Gasteiger partial charge in [-0.25, -0.2) is 4.79 Å². The van der Waals surface area contributed by atoms with Crippen molar-refractivity contribution in [2.45, 2.75) is 90.9 Å². The lowest BCUT2D eigenvalue weighted by Gasteiger charge is -2.08. The molecule has 0 heterocycles. The Morgan fingerprint density at radius 2 is 0.902 bits per heavy atom. The van der Waals surface area contributed by atoms with E-state index in [1.807, 2.05) is 36.4 Å². The predicted octanol–water partition coefficient (Wildman–Crippen LogP) is 10.8. The van der Waals surface area contributed by atoms with E-state index in [1.54, 1.807) is 36.4 Å². The van der Waals surface area contributed by atoms with Crippen LogP contribution in [0, 0.1) is 0 Å². The van der Waals surface area contributed by atoms with E-state index in [2.05, 4.69) is 24.1 Å². The molecule has 3 rings (SSSR count). The summed E-state index contributed by atoms with van der Waals surface area (Å²) in [7, 11) is 0. The van der Waals surface area contributed by atoms with Crippen molar-refractivity contribution < 1.29 is 19.0 Å². The van der Waals surface area contributed by atoms with Crippen molar-refractivity contribution >= 4 is 17.3 Å². The molecule has 220 valence electrons. The van der Waals surface area contributed by atoms with Crippen LogP contribution in [0.15, 0.2) is 83.0 Å². The Morgan fingerprint density at radius 3 is 1.39 bits per heavy atom. The highest BCUT2D eigenvalue weighted by Gasteiger charge is 2.09. The molecule has 0 N–H and O–H groups in total. The maximum atomic E-state index is 12.6. The Hall–Kier alpha value is -3.67. The monoisotopic (exact) mass is 558 g/mol. The van der Waals surface area contributed by atoms with Crippen LogP contribution in [0.4, 0.5) is 11.4 Å². The number of hydrogen-bond donors (Lipinski definition) is 0. The zero-order chi connectivity index (χ0) is 29.0. The molecule has 3 aromatic carbocycles. The van der Waals surface area contributed by atoms with Crippen LogP contribution in [0.2, 0.25) is 0 Å². The minimum absolute atomic E-state index is 0.415. The number of rotatable bonds is 20. The standard InChI is InChI=1S/C35H46N2O4/c1-3-5-7-9-10-11-12-14-28-39-32-21-15-29(16-22-32)35(38)41-34-25-19-31(20-26-34)37-36-30-17-23-33(24-18-30)40-27-13-8-6-4-2/h15-26H,3-14,27-28H2,1-2H3. The second kappa shape index (κ2) is 19.4. The summed E-state index contributed by atoms with van der Waals surface area (Å²) in [5, 5.41) is 8.56. The van der Waals surface area contributed by atoms with Gasteiger partial charge in [-0.1, -0.05) is 78.1 Å². The van der Waals surface area contributed by atoms with Gasteiger partial charge in [-0.15, -0.1) is 0 Å². The van der Waals surface area contributed by atoms with Crippen LogP contribution in [0.25, 0.3) is 0 Å². The van der Waals surface area contributed by atoms with Gasteiger partial charge in [-0.05, 0) is 85.6 Å². The van der Waals surface area contributed by atoms with E-state index >= 15 is 0 Å². The highest BCUT2D eigenvalue weighted by molar-refractivity contribution is 5.91. The van der Waals surface area contributed by atoms with Crippen LogP contribution in [-0.2, 0) is 0 Å². The van der Waals surface area contributed by atoms with Crippen LogP contribution >= 0.6 is 0 Å². The number of carbonyl (C=O) groups is 1. The lowest BCUT2D eigenvalue weighted by atomic mass is 10.1. The Labute approximate surface area is 246 Å². The molecule has 3 aromatic rings. The quantitative estimate of drug-likeness (QED) is 0.0598. The molecule has 41 heavy (non-hydrogen) atoms. The normalized spacial score (nSPS) is 11.1. The van der Waals surface area contributed by atoms with Gasteiger partial charge in [-0.2, -0.15) is 10.2 Å². The molecule has 6 heteroatoms. The number of ether oxygens (including phenoxy) is 3. The molecule has 0 spiro atoms. The van der Waals surface area contributed by atoms with Gasteiger partial charge in [-0.3, -0.25) is 0 Å². The van der Waals surface area contributed by atoms with E-state index in [-0.39, 0.29) is 0 Å². The maximum Gasteiger partial charge on any atom is 0.343 e. The number of benzene rings is 3. The van der Waals surface area contributed by atoms with Gasteiger partial charge < -0.3 is 14.2 Å². The summed E-state index contributed by atoms with van der Waals surface area (Å²) in [6, 6.07) is 21.6.